The number of aromatic carboxylic acids is 1. The molecule has 0 amide bonds. The molecule has 0 radical (unpaired) electrons. The second-order valence-corrected chi connectivity index (χ2v) is 5.61. The van der Waals surface area contributed by atoms with Gasteiger partial charge in [-0.05, 0) is 38.3 Å². The van der Waals surface area contributed by atoms with Crippen molar-refractivity contribution in [3.63, 3.8) is 0 Å². The minimum atomic E-state index is -0.970. The molecule has 1 heterocycles. The van der Waals surface area contributed by atoms with Crippen LogP contribution in [0.25, 0.3) is 0 Å². The van der Waals surface area contributed by atoms with Gasteiger partial charge in [0.1, 0.15) is 11.4 Å². The number of nitrogens with zero attached hydrogens (tertiary/aromatic N) is 2. The molecule has 1 aliphatic rings. The molecular weight excluding hydrogens is 256 g/mol. The minimum Gasteiger partial charge on any atom is -0.478 e. The van der Waals surface area contributed by atoms with Crippen LogP contribution in [0.4, 0.5) is 5.82 Å². The van der Waals surface area contributed by atoms with E-state index in [4.69, 9.17) is 0 Å². The summed E-state index contributed by atoms with van der Waals surface area (Å²) < 4.78 is 0. The molecule has 2 atom stereocenters. The normalized spacial score (nSPS) is 22.6. The van der Waals surface area contributed by atoms with Crippen molar-refractivity contribution in [1.29, 1.82) is 0 Å². The van der Waals surface area contributed by atoms with E-state index in [1.54, 1.807) is 13.0 Å². The van der Waals surface area contributed by atoms with Gasteiger partial charge >= 0.3 is 5.97 Å². The molecule has 0 spiro atoms. The summed E-state index contributed by atoms with van der Waals surface area (Å²) in [7, 11) is 1.83. The van der Waals surface area contributed by atoms with E-state index in [2.05, 4.69) is 4.98 Å². The number of pyridine rings is 1. The van der Waals surface area contributed by atoms with E-state index >= 15 is 0 Å². The standard InChI is InChI=1S/C15H22N2O3/c1-9-8-10(2)16-14(13(9)15(19)20)17(3)11-6-4-5-7-12(11)18/h8,11-12,18H,4-7H2,1-3H3,(H,19,20). The number of aliphatic hydroxyl groups excluding tert-OH is 1. The maximum Gasteiger partial charge on any atom is 0.339 e. The predicted octanol–water partition coefficient (Wildman–Crippen LogP) is 2.14. The van der Waals surface area contributed by atoms with Gasteiger partial charge in [0.2, 0.25) is 0 Å². The maximum atomic E-state index is 11.5. The minimum absolute atomic E-state index is 0.0597. The van der Waals surface area contributed by atoms with Crippen LogP contribution < -0.4 is 4.90 Å². The first-order valence-corrected chi connectivity index (χ1v) is 7.04. The van der Waals surface area contributed by atoms with Crippen molar-refractivity contribution in [2.24, 2.45) is 0 Å². The zero-order valence-electron chi connectivity index (χ0n) is 12.3. The summed E-state index contributed by atoms with van der Waals surface area (Å²) in [5, 5.41) is 19.6. The van der Waals surface area contributed by atoms with Gasteiger partial charge in [-0.1, -0.05) is 12.8 Å². The Morgan fingerprint density at radius 2 is 2.00 bits per heavy atom. The Bertz CT molecular complexity index is 516. The molecule has 2 rings (SSSR count). The first-order valence-electron chi connectivity index (χ1n) is 7.04. The fraction of sp³-hybridized carbons (Fsp3) is 0.600. The molecule has 5 nitrogen and oxygen atoms in total. The molecule has 1 saturated carbocycles. The van der Waals surface area contributed by atoms with E-state index < -0.39 is 12.1 Å². The van der Waals surface area contributed by atoms with Gasteiger partial charge in [-0.25, -0.2) is 9.78 Å². The number of rotatable bonds is 3. The molecule has 2 unspecified atom stereocenters. The molecule has 20 heavy (non-hydrogen) atoms. The summed E-state index contributed by atoms with van der Waals surface area (Å²) in [4.78, 5) is 17.7. The molecule has 1 aliphatic carbocycles. The van der Waals surface area contributed by atoms with Crippen LogP contribution in [0.5, 0.6) is 0 Å². The highest BCUT2D eigenvalue weighted by Crippen LogP contribution is 2.29. The summed E-state index contributed by atoms with van der Waals surface area (Å²) in [5.74, 6) is -0.511. The zero-order valence-corrected chi connectivity index (χ0v) is 12.3. The van der Waals surface area contributed by atoms with Gasteiger partial charge in [0.25, 0.3) is 0 Å². The number of carboxylic acids is 1. The number of aryl methyl sites for hydroxylation is 2. The second kappa shape index (κ2) is 5.79. The summed E-state index contributed by atoms with van der Waals surface area (Å²) >= 11 is 0. The SMILES string of the molecule is Cc1cc(C)c(C(=O)O)c(N(C)C2CCCCC2O)n1. The number of carboxylic acid groups (broad SMARTS) is 1. The van der Waals surface area contributed by atoms with Gasteiger partial charge in [0, 0.05) is 12.7 Å². The topological polar surface area (TPSA) is 73.7 Å². The second-order valence-electron chi connectivity index (χ2n) is 5.61. The van der Waals surface area contributed by atoms with Crippen LogP contribution in [0.3, 0.4) is 0 Å². The van der Waals surface area contributed by atoms with Crippen LogP contribution in [0.2, 0.25) is 0 Å². The molecule has 0 saturated heterocycles. The van der Waals surface area contributed by atoms with Gasteiger partial charge in [-0.15, -0.1) is 0 Å². The summed E-state index contributed by atoms with van der Waals surface area (Å²) in [6.45, 7) is 3.64. The lowest BCUT2D eigenvalue weighted by Gasteiger charge is -2.36. The Hall–Kier alpha value is -1.62. The highest BCUT2D eigenvalue weighted by Gasteiger charge is 2.30. The molecule has 0 aliphatic heterocycles. The molecule has 5 heteroatoms. The van der Waals surface area contributed by atoms with Crippen molar-refractivity contribution >= 4 is 11.8 Å². The maximum absolute atomic E-state index is 11.5. The molecule has 0 bridgehead atoms. The number of hydrogen-bond acceptors (Lipinski definition) is 4. The lowest BCUT2D eigenvalue weighted by Crippen LogP contribution is -2.44. The summed E-state index contributed by atoms with van der Waals surface area (Å²) in [6.07, 6.45) is 3.29. The van der Waals surface area contributed by atoms with Crippen molar-refractivity contribution in [3.05, 3.63) is 22.9 Å². The van der Waals surface area contributed by atoms with E-state index in [-0.39, 0.29) is 11.6 Å². The third-order valence-corrected chi connectivity index (χ3v) is 4.06. The Morgan fingerprint density at radius 3 is 2.60 bits per heavy atom. The highest BCUT2D eigenvalue weighted by atomic mass is 16.4. The van der Waals surface area contributed by atoms with Crippen LogP contribution in [-0.4, -0.2) is 40.4 Å². The van der Waals surface area contributed by atoms with Gasteiger partial charge in [-0.3, -0.25) is 0 Å². The molecule has 0 aromatic carbocycles. The van der Waals surface area contributed by atoms with E-state index in [0.29, 0.717) is 11.4 Å². The van der Waals surface area contributed by atoms with Crippen LogP contribution in [-0.2, 0) is 0 Å². The first-order chi connectivity index (χ1) is 9.41. The molecule has 2 N–H and O–H groups in total. The highest BCUT2D eigenvalue weighted by molar-refractivity contribution is 5.95. The average molecular weight is 278 g/mol. The van der Waals surface area contributed by atoms with Crippen LogP contribution in [0.1, 0.15) is 47.3 Å². The average Bonchev–Trinajstić information content (AvgIpc) is 2.37. The van der Waals surface area contributed by atoms with E-state index in [0.717, 1.165) is 31.4 Å². The monoisotopic (exact) mass is 278 g/mol. The zero-order chi connectivity index (χ0) is 14.9. The first kappa shape index (κ1) is 14.8. The fourth-order valence-corrected chi connectivity index (χ4v) is 3.04. The number of hydrogen-bond donors (Lipinski definition) is 2. The summed E-state index contributed by atoms with van der Waals surface area (Å²) in [5.41, 5.74) is 1.73. The third kappa shape index (κ3) is 2.77. The van der Waals surface area contributed by atoms with Gasteiger partial charge in [0.15, 0.2) is 0 Å². The lowest BCUT2D eigenvalue weighted by atomic mass is 9.91. The Kier molecular flexibility index (Phi) is 4.28. The van der Waals surface area contributed by atoms with Gasteiger partial charge in [0.05, 0.1) is 12.1 Å². The third-order valence-electron chi connectivity index (χ3n) is 4.06. The van der Waals surface area contributed by atoms with Gasteiger partial charge < -0.3 is 15.1 Å². The quantitative estimate of drug-likeness (QED) is 0.886. The molecule has 1 fully saturated rings. The number of anilines is 1. The molecule has 1 aromatic rings. The molecule has 1 aromatic heterocycles. The van der Waals surface area contributed by atoms with E-state index in [9.17, 15) is 15.0 Å². The van der Waals surface area contributed by atoms with Crippen LogP contribution in [0.15, 0.2) is 6.07 Å². The van der Waals surface area contributed by atoms with Crippen molar-refractivity contribution in [1.82, 2.24) is 4.98 Å². The van der Waals surface area contributed by atoms with E-state index in [1.807, 2.05) is 18.9 Å². The smallest absolute Gasteiger partial charge is 0.339 e. The Morgan fingerprint density at radius 1 is 1.35 bits per heavy atom. The fourth-order valence-electron chi connectivity index (χ4n) is 3.04. The lowest BCUT2D eigenvalue weighted by molar-refractivity contribution is 0.0694. The number of aliphatic hydroxyl groups is 1. The number of carbonyl (C=O) groups is 1. The molecular formula is C15H22N2O3. The summed E-state index contributed by atoms with van der Waals surface area (Å²) in [6, 6.07) is 1.72. The number of likely N-dealkylation sites (N-methyl/N-ethyl adjacent to an activating group) is 1. The van der Waals surface area contributed by atoms with Crippen molar-refractivity contribution in [2.45, 2.75) is 51.7 Å². The van der Waals surface area contributed by atoms with Crippen LogP contribution >= 0.6 is 0 Å². The predicted molar refractivity (Wildman–Crippen MR) is 77.3 cm³/mol. The van der Waals surface area contributed by atoms with Crippen molar-refractivity contribution in [3.8, 4) is 0 Å². The van der Waals surface area contributed by atoms with Gasteiger partial charge in [-0.2, -0.15) is 0 Å². The van der Waals surface area contributed by atoms with Crippen LogP contribution in [0, 0.1) is 13.8 Å². The molecule has 110 valence electrons. The Balaban J connectivity index is 2.42. The van der Waals surface area contributed by atoms with E-state index in [1.165, 1.54) is 0 Å². The van der Waals surface area contributed by atoms with Crippen molar-refractivity contribution in [2.75, 3.05) is 11.9 Å². The Labute approximate surface area is 119 Å². The largest absolute Gasteiger partial charge is 0.478 e. The van der Waals surface area contributed by atoms with Crippen molar-refractivity contribution < 1.29 is 15.0 Å². The number of aromatic nitrogens is 1.